The molecule has 0 heterocycles. The van der Waals surface area contributed by atoms with Crippen LogP contribution in [0.3, 0.4) is 0 Å². The van der Waals surface area contributed by atoms with E-state index in [-0.39, 0.29) is 5.97 Å². The highest BCUT2D eigenvalue weighted by Gasteiger charge is 2.20. The first-order valence-electron chi connectivity index (χ1n) is 11.8. The normalized spacial score (nSPS) is 12.7. The van der Waals surface area contributed by atoms with Gasteiger partial charge in [0.25, 0.3) is 0 Å². The summed E-state index contributed by atoms with van der Waals surface area (Å²) in [4.78, 5) is 10.9. The van der Waals surface area contributed by atoms with Crippen LogP contribution in [0.2, 0.25) is 0 Å². The van der Waals surface area contributed by atoms with Gasteiger partial charge in [-0.1, -0.05) is 64.9 Å². The van der Waals surface area contributed by atoms with Crippen molar-refractivity contribution in [2.24, 2.45) is 0 Å². The summed E-state index contributed by atoms with van der Waals surface area (Å²) in [5, 5.41) is 10.2. The van der Waals surface area contributed by atoms with Gasteiger partial charge < -0.3 is 19.1 Å². The number of unbranched alkanes of at least 4 members (excludes halogenated alkanes) is 10. The molecule has 0 bridgehead atoms. The van der Waals surface area contributed by atoms with E-state index in [1.54, 1.807) is 0 Å². The molecule has 0 saturated carbocycles. The van der Waals surface area contributed by atoms with Gasteiger partial charge in [0.15, 0.2) is 0 Å². The molecule has 0 rings (SSSR count). The molecular weight excluding hydrogens is 366 g/mol. The zero-order valence-corrected chi connectivity index (χ0v) is 19.5. The summed E-state index contributed by atoms with van der Waals surface area (Å²) in [6.45, 7) is 8.77. The molecular formula is C24H48NO4+. The van der Waals surface area contributed by atoms with Crippen LogP contribution in [0.25, 0.3) is 0 Å². The zero-order valence-electron chi connectivity index (χ0n) is 19.5. The van der Waals surface area contributed by atoms with E-state index in [1.165, 1.54) is 70.3 Å². The van der Waals surface area contributed by atoms with Crippen molar-refractivity contribution in [1.29, 1.82) is 0 Å². The third-order valence-corrected chi connectivity index (χ3v) is 5.23. The van der Waals surface area contributed by atoms with Gasteiger partial charge in [-0.05, 0) is 25.7 Å². The van der Waals surface area contributed by atoms with Crippen molar-refractivity contribution in [1.82, 2.24) is 0 Å². The van der Waals surface area contributed by atoms with E-state index in [9.17, 15) is 9.90 Å². The van der Waals surface area contributed by atoms with Gasteiger partial charge in [-0.15, -0.1) is 0 Å². The average Bonchev–Trinajstić information content (AvgIpc) is 2.68. The third-order valence-electron chi connectivity index (χ3n) is 5.23. The molecule has 0 fully saturated rings. The second-order valence-electron chi connectivity index (χ2n) is 8.83. The molecule has 5 nitrogen and oxygen atoms in total. The van der Waals surface area contributed by atoms with E-state index in [0.29, 0.717) is 26.4 Å². The van der Waals surface area contributed by atoms with Crippen LogP contribution >= 0.6 is 0 Å². The Morgan fingerprint density at radius 3 is 2.07 bits per heavy atom. The summed E-state index contributed by atoms with van der Waals surface area (Å²) < 4.78 is 11.3. The van der Waals surface area contributed by atoms with Crippen molar-refractivity contribution in [3.8, 4) is 0 Å². The molecule has 1 atom stereocenters. The number of ether oxygens (including phenoxy) is 2. The first-order chi connectivity index (χ1) is 13.9. The molecule has 29 heavy (non-hydrogen) atoms. The number of esters is 1. The Hall–Kier alpha value is -0.910. The quantitative estimate of drug-likeness (QED) is 0.126. The molecule has 0 aliphatic carbocycles. The smallest absolute Gasteiger partial charge is 0.330 e. The maximum atomic E-state index is 10.9. The minimum Gasteiger partial charge on any atom is -0.463 e. The molecule has 0 aromatic rings. The van der Waals surface area contributed by atoms with Crippen LogP contribution < -0.4 is 0 Å². The van der Waals surface area contributed by atoms with Crippen LogP contribution in [-0.2, 0) is 14.3 Å². The van der Waals surface area contributed by atoms with E-state index in [2.05, 4.69) is 27.6 Å². The summed E-state index contributed by atoms with van der Waals surface area (Å²) in [6, 6.07) is 0. The van der Waals surface area contributed by atoms with Crippen LogP contribution in [0, 0.1) is 0 Å². The minimum absolute atomic E-state index is 0.367. The first kappa shape index (κ1) is 28.1. The third kappa shape index (κ3) is 20.2. The summed E-state index contributed by atoms with van der Waals surface area (Å²) in [7, 11) is 4.37. The molecule has 0 amide bonds. The molecule has 1 N–H and O–H groups in total. The van der Waals surface area contributed by atoms with Gasteiger partial charge in [0.1, 0.15) is 12.6 Å². The molecule has 172 valence electrons. The highest BCUT2D eigenvalue weighted by molar-refractivity contribution is 5.81. The fourth-order valence-corrected chi connectivity index (χ4v) is 3.50. The van der Waals surface area contributed by atoms with Crippen molar-refractivity contribution in [3.05, 3.63) is 12.7 Å². The van der Waals surface area contributed by atoms with Crippen molar-refractivity contribution < 1.29 is 23.9 Å². The number of aliphatic hydroxyl groups excluding tert-OH is 1. The number of aliphatic hydroxyl groups is 1. The zero-order chi connectivity index (χ0) is 21.8. The Kier molecular flexibility index (Phi) is 18.5. The predicted octanol–water partition coefficient (Wildman–Crippen LogP) is 4.87. The second-order valence-corrected chi connectivity index (χ2v) is 8.83. The van der Waals surface area contributed by atoms with E-state index in [0.717, 1.165) is 23.9 Å². The molecule has 0 saturated heterocycles. The fourth-order valence-electron chi connectivity index (χ4n) is 3.50. The number of carbonyl (C=O) groups excluding carboxylic acids is 1. The Morgan fingerprint density at radius 2 is 1.48 bits per heavy atom. The standard InChI is InChI=1S/C24H48NO4/c1-5-7-8-9-10-11-12-13-14-15-18-25(3,4)21-23(26)22-28-19-16-17-20-29-24(27)6-2/h6,23,26H,2,5,7-22H2,1,3-4H3/q+1. The van der Waals surface area contributed by atoms with E-state index < -0.39 is 6.10 Å². The van der Waals surface area contributed by atoms with Gasteiger partial charge in [0.05, 0.1) is 33.9 Å². The maximum absolute atomic E-state index is 10.9. The fraction of sp³-hybridized carbons (Fsp3) is 0.875. The molecule has 1 unspecified atom stereocenters. The van der Waals surface area contributed by atoms with Crippen molar-refractivity contribution in [2.45, 2.75) is 90.1 Å². The lowest BCUT2D eigenvalue weighted by Gasteiger charge is -2.32. The van der Waals surface area contributed by atoms with Gasteiger partial charge in [-0.2, -0.15) is 0 Å². The van der Waals surface area contributed by atoms with E-state index in [1.807, 2.05) is 0 Å². The Balaban J connectivity index is 3.55. The molecule has 0 aromatic heterocycles. The second kappa shape index (κ2) is 19.1. The number of hydrogen-bond donors (Lipinski definition) is 1. The van der Waals surface area contributed by atoms with Crippen LogP contribution in [0.4, 0.5) is 0 Å². The summed E-state index contributed by atoms with van der Waals surface area (Å²) in [5.41, 5.74) is 0. The summed E-state index contributed by atoms with van der Waals surface area (Å²) >= 11 is 0. The summed E-state index contributed by atoms with van der Waals surface area (Å²) in [6.07, 6.45) is 15.8. The minimum atomic E-state index is -0.438. The number of nitrogens with zero attached hydrogens (tertiary/aromatic N) is 1. The lowest BCUT2D eigenvalue weighted by Crippen LogP contribution is -2.47. The topological polar surface area (TPSA) is 55.8 Å². The highest BCUT2D eigenvalue weighted by Crippen LogP contribution is 2.12. The Morgan fingerprint density at radius 1 is 0.931 bits per heavy atom. The van der Waals surface area contributed by atoms with Gasteiger partial charge in [0.2, 0.25) is 0 Å². The first-order valence-corrected chi connectivity index (χ1v) is 11.8. The monoisotopic (exact) mass is 414 g/mol. The van der Waals surface area contributed by atoms with Crippen LogP contribution in [0.15, 0.2) is 12.7 Å². The number of quaternary nitrogens is 1. The lowest BCUT2D eigenvalue weighted by molar-refractivity contribution is -0.893. The number of hydrogen-bond acceptors (Lipinski definition) is 4. The van der Waals surface area contributed by atoms with Gasteiger partial charge in [-0.25, -0.2) is 4.79 Å². The van der Waals surface area contributed by atoms with Crippen LogP contribution in [-0.4, -0.2) is 68.7 Å². The number of rotatable bonds is 21. The number of carbonyl (C=O) groups is 1. The molecule has 0 aliphatic rings. The maximum Gasteiger partial charge on any atom is 0.330 e. The van der Waals surface area contributed by atoms with E-state index in [4.69, 9.17) is 9.47 Å². The van der Waals surface area contributed by atoms with Gasteiger partial charge in [0, 0.05) is 12.7 Å². The molecule has 0 aromatic carbocycles. The van der Waals surface area contributed by atoms with Crippen LogP contribution in [0.1, 0.15) is 84.0 Å². The molecule has 0 aliphatic heterocycles. The highest BCUT2D eigenvalue weighted by atomic mass is 16.5. The van der Waals surface area contributed by atoms with E-state index >= 15 is 0 Å². The number of likely N-dealkylation sites (N-methyl/N-ethyl adjacent to an activating group) is 1. The van der Waals surface area contributed by atoms with Gasteiger partial charge >= 0.3 is 5.97 Å². The Labute approximate surface area is 180 Å². The molecule has 0 spiro atoms. The Bertz CT molecular complexity index is 398. The average molecular weight is 415 g/mol. The SMILES string of the molecule is C=CC(=O)OCCCCOCC(O)C[N+](C)(C)CCCCCCCCCCCC. The van der Waals surface area contributed by atoms with Crippen molar-refractivity contribution >= 4 is 5.97 Å². The largest absolute Gasteiger partial charge is 0.463 e. The lowest BCUT2D eigenvalue weighted by atomic mass is 10.1. The predicted molar refractivity (Wildman–Crippen MR) is 121 cm³/mol. The van der Waals surface area contributed by atoms with Crippen molar-refractivity contribution in [2.75, 3.05) is 47.0 Å². The molecule has 0 radical (unpaired) electrons. The van der Waals surface area contributed by atoms with Crippen molar-refractivity contribution in [3.63, 3.8) is 0 Å². The summed E-state index contributed by atoms with van der Waals surface area (Å²) in [5.74, 6) is -0.385. The van der Waals surface area contributed by atoms with Crippen LogP contribution in [0.5, 0.6) is 0 Å². The molecule has 5 heteroatoms. The van der Waals surface area contributed by atoms with Gasteiger partial charge in [-0.3, -0.25) is 0 Å².